The average molecular weight is 591 g/mol. The molecule has 0 aromatic heterocycles. The standard InChI is InChI=1S/C10H4F18O3S.C2H7N/c11-1(2(12)13)4(15,16)6(19,20)8(23,24)10(27,28)9(25,26)7(21,22)5(17,18)3(14)32(29,30)31;1-3-2/h1-3H,(H,29,30,31);3H,1-2H3. The van der Waals surface area contributed by atoms with Crippen LogP contribution in [0.15, 0.2) is 0 Å². The van der Waals surface area contributed by atoms with Crippen molar-refractivity contribution in [1.29, 1.82) is 0 Å². The van der Waals surface area contributed by atoms with Crippen LogP contribution in [-0.4, -0.2) is 86.6 Å². The van der Waals surface area contributed by atoms with E-state index in [-0.39, 0.29) is 0 Å². The third kappa shape index (κ3) is 5.49. The lowest BCUT2D eigenvalue weighted by molar-refractivity contribution is -0.446. The average Bonchev–Trinajstić information content (AvgIpc) is 2.65. The molecule has 0 fully saturated rings. The molecular weight excluding hydrogens is 580 g/mol. The van der Waals surface area contributed by atoms with E-state index in [1.165, 1.54) is 0 Å². The SMILES string of the molecule is CNC.O=S(=O)(O)C(F)C(F)(F)C(F)(F)C(F)(F)C(F)(F)C(F)(F)C(F)(F)C(F)(F)C(F)C(F)F. The monoisotopic (exact) mass is 591 g/mol. The van der Waals surface area contributed by atoms with Crippen molar-refractivity contribution in [3.05, 3.63) is 0 Å². The Labute approximate surface area is 182 Å². The molecule has 23 heteroatoms. The highest BCUT2D eigenvalue weighted by molar-refractivity contribution is 7.86. The molecule has 2 atom stereocenters. The zero-order valence-corrected chi connectivity index (χ0v) is 17.0. The zero-order chi connectivity index (χ0) is 29.4. The highest BCUT2D eigenvalue weighted by Crippen LogP contribution is 2.63. The van der Waals surface area contributed by atoms with Gasteiger partial charge in [0.05, 0.1) is 0 Å². The zero-order valence-electron chi connectivity index (χ0n) is 16.2. The minimum absolute atomic E-state index is 1.88. The summed E-state index contributed by atoms with van der Waals surface area (Å²) in [7, 11) is -3.47. The molecule has 2 unspecified atom stereocenters. The summed E-state index contributed by atoms with van der Waals surface area (Å²) < 4.78 is 261. The first-order valence-electron chi connectivity index (χ1n) is 7.68. The van der Waals surface area contributed by atoms with Gasteiger partial charge in [-0.2, -0.15) is 69.9 Å². The van der Waals surface area contributed by atoms with E-state index in [4.69, 9.17) is 4.55 Å². The molecule has 0 aliphatic carbocycles. The third-order valence-corrected chi connectivity index (χ3v) is 4.35. The van der Waals surface area contributed by atoms with E-state index >= 15 is 0 Å². The van der Waals surface area contributed by atoms with E-state index in [0.717, 1.165) is 0 Å². The summed E-state index contributed by atoms with van der Waals surface area (Å²) in [5.41, 5.74) is -6.00. The molecule has 0 aliphatic rings. The van der Waals surface area contributed by atoms with Gasteiger partial charge in [0.2, 0.25) is 6.17 Å². The molecule has 0 heterocycles. The Morgan fingerprint density at radius 1 is 0.571 bits per heavy atom. The Bertz CT molecular complexity index is 814. The molecule has 0 saturated heterocycles. The minimum atomic E-state index is -8.87. The fraction of sp³-hybridized carbons (Fsp3) is 1.00. The van der Waals surface area contributed by atoms with Crippen molar-refractivity contribution in [3.63, 3.8) is 0 Å². The number of nitrogens with one attached hydrogen (secondary N) is 1. The van der Waals surface area contributed by atoms with E-state index < -0.39 is 69.7 Å². The van der Waals surface area contributed by atoms with E-state index in [2.05, 4.69) is 5.32 Å². The van der Waals surface area contributed by atoms with Crippen LogP contribution in [0.4, 0.5) is 79.0 Å². The van der Waals surface area contributed by atoms with Gasteiger partial charge in [-0.15, -0.1) is 0 Å². The highest BCUT2D eigenvalue weighted by Gasteiger charge is 2.94. The quantitative estimate of drug-likeness (QED) is 0.276. The van der Waals surface area contributed by atoms with Crippen molar-refractivity contribution >= 4 is 10.1 Å². The molecule has 0 aliphatic heterocycles. The van der Waals surface area contributed by atoms with Crippen LogP contribution in [-0.2, 0) is 10.1 Å². The van der Waals surface area contributed by atoms with Crippen LogP contribution < -0.4 is 5.32 Å². The molecule has 0 aromatic carbocycles. The van der Waals surface area contributed by atoms with Gasteiger partial charge in [-0.3, -0.25) is 4.55 Å². The van der Waals surface area contributed by atoms with Crippen LogP contribution in [0, 0.1) is 0 Å². The topological polar surface area (TPSA) is 66.4 Å². The fourth-order valence-electron chi connectivity index (χ4n) is 1.67. The molecular formula is C12H11F18NO3S. The molecule has 0 radical (unpaired) electrons. The van der Waals surface area contributed by atoms with E-state index in [1.807, 2.05) is 14.1 Å². The molecule has 0 bridgehead atoms. The second-order valence-electron chi connectivity index (χ2n) is 6.19. The number of alkyl halides is 18. The van der Waals surface area contributed by atoms with E-state index in [0.29, 0.717) is 0 Å². The van der Waals surface area contributed by atoms with Crippen LogP contribution in [0.1, 0.15) is 0 Å². The Morgan fingerprint density at radius 2 is 0.800 bits per heavy atom. The Morgan fingerprint density at radius 3 is 1.03 bits per heavy atom. The Kier molecular flexibility index (Phi) is 10.4. The van der Waals surface area contributed by atoms with Crippen molar-refractivity contribution < 1.29 is 92.0 Å². The van der Waals surface area contributed by atoms with Gasteiger partial charge in [-0.1, -0.05) is 0 Å². The van der Waals surface area contributed by atoms with Crippen molar-refractivity contribution in [2.75, 3.05) is 14.1 Å². The second-order valence-corrected chi connectivity index (χ2v) is 7.63. The molecule has 0 aromatic rings. The van der Waals surface area contributed by atoms with E-state index in [9.17, 15) is 87.4 Å². The number of rotatable bonds is 10. The highest BCUT2D eigenvalue weighted by atomic mass is 32.2. The second kappa shape index (κ2) is 10.2. The fourth-order valence-corrected chi connectivity index (χ4v) is 2.19. The van der Waals surface area contributed by atoms with Gasteiger partial charge in [0.25, 0.3) is 11.9 Å². The molecule has 35 heavy (non-hydrogen) atoms. The summed E-state index contributed by atoms with van der Waals surface area (Å²) in [4.78, 5) is 0. The van der Waals surface area contributed by atoms with Crippen molar-refractivity contribution in [2.45, 2.75) is 59.6 Å². The van der Waals surface area contributed by atoms with Crippen molar-refractivity contribution in [1.82, 2.24) is 5.32 Å². The molecule has 4 nitrogen and oxygen atoms in total. The summed E-state index contributed by atoms with van der Waals surface area (Å²) in [6, 6.07) is 0. The summed E-state index contributed by atoms with van der Waals surface area (Å²) in [6.45, 7) is 0. The molecule has 0 saturated carbocycles. The molecule has 0 spiro atoms. The lowest BCUT2D eigenvalue weighted by Crippen LogP contribution is -2.75. The Balaban J connectivity index is 0. The number of hydrogen-bond acceptors (Lipinski definition) is 3. The first kappa shape index (κ1) is 35.8. The van der Waals surface area contributed by atoms with Gasteiger partial charge < -0.3 is 5.32 Å². The van der Waals surface area contributed by atoms with Crippen LogP contribution in [0.2, 0.25) is 0 Å². The third-order valence-electron chi connectivity index (χ3n) is 3.53. The van der Waals surface area contributed by atoms with Crippen LogP contribution in [0.5, 0.6) is 0 Å². The maximum atomic E-state index is 13.3. The summed E-state index contributed by atoms with van der Waals surface area (Å²) in [5, 5.41) is 2.75. The summed E-state index contributed by atoms with van der Waals surface area (Å²) >= 11 is 0. The van der Waals surface area contributed by atoms with E-state index in [1.54, 1.807) is 0 Å². The largest absolute Gasteiger partial charge is 0.384 e. The maximum absolute atomic E-state index is 13.3. The van der Waals surface area contributed by atoms with Gasteiger partial charge >= 0.3 is 51.6 Å². The number of hydrogen-bond donors (Lipinski definition) is 2. The first-order chi connectivity index (χ1) is 14.9. The molecule has 0 rings (SSSR count). The predicted octanol–water partition coefficient (Wildman–Crippen LogP) is 5.06. The van der Waals surface area contributed by atoms with Gasteiger partial charge in [-0.25, -0.2) is 17.6 Å². The predicted molar refractivity (Wildman–Crippen MR) is 77.0 cm³/mol. The molecule has 2 N–H and O–H groups in total. The van der Waals surface area contributed by atoms with Gasteiger partial charge in [-0.05, 0) is 14.1 Å². The van der Waals surface area contributed by atoms with Gasteiger partial charge in [0, 0.05) is 0 Å². The lowest BCUT2D eigenvalue weighted by Gasteiger charge is -2.43. The summed E-state index contributed by atoms with van der Waals surface area (Å²) in [5.74, 6) is -58.9. The first-order valence-corrected chi connectivity index (χ1v) is 9.18. The van der Waals surface area contributed by atoms with Crippen molar-refractivity contribution in [2.24, 2.45) is 0 Å². The maximum Gasteiger partial charge on any atom is 0.384 e. The number of halogens is 18. The van der Waals surface area contributed by atoms with Gasteiger partial charge in [0.1, 0.15) is 0 Å². The van der Waals surface area contributed by atoms with Crippen LogP contribution >= 0.6 is 0 Å². The Hall–Kier alpha value is -1.39. The summed E-state index contributed by atoms with van der Waals surface area (Å²) in [6.07, 6.45) is -11.2. The molecule has 0 amide bonds. The molecule has 214 valence electrons. The van der Waals surface area contributed by atoms with Gasteiger partial charge in [0.15, 0.2) is 0 Å². The normalized spacial score (nSPS) is 17.1. The van der Waals surface area contributed by atoms with Crippen LogP contribution in [0.3, 0.4) is 0 Å². The minimum Gasteiger partial charge on any atom is -0.323 e. The lowest BCUT2D eigenvalue weighted by atomic mass is 9.88. The van der Waals surface area contributed by atoms with Crippen LogP contribution in [0.25, 0.3) is 0 Å². The smallest absolute Gasteiger partial charge is 0.323 e. The van der Waals surface area contributed by atoms with Crippen molar-refractivity contribution in [3.8, 4) is 0 Å².